The van der Waals surface area contributed by atoms with Gasteiger partial charge in [-0.25, -0.2) is 0 Å². The van der Waals surface area contributed by atoms with E-state index in [-0.39, 0.29) is 12.3 Å². The molecule has 1 aromatic rings. The molecular formula is C12H17BrN2O3. The van der Waals surface area contributed by atoms with Crippen LogP contribution in [0.4, 0.5) is 11.4 Å². The van der Waals surface area contributed by atoms with Gasteiger partial charge in [-0.1, -0.05) is 13.8 Å². The van der Waals surface area contributed by atoms with Crippen molar-refractivity contribution in [1.82, 2.24) is 0 Å². The number of halogens is 1. The first kappa shape index (κ1) is 14.9. The maximum Gasteiger partial charge on any atom is 0.270 e. The molecule has 18 heavy (non-hydrogen) atoms. The van der Waals surface area contributed by atoms with E-state index >= 15 is 0 Å². The van der Waals surface area contributed by atoms with E-state index in [9.17, 15) is 15.2 Å². The molecule has 0 unspecified atom stereocenters. The van der Waals surface area contributed by atoms with Crippen LogP contribution in [0.1, 0.15) is 26.7 Å². The average molecular weight is 317 g/mol. The number of hydrogen-bond donors (Lipinski definition) is 2. The minimum atomic E-state index is -0.437. The molecule has 0 heterocycles. The van der Waals surface area contributed by atoms with Crippen LogP contribution in [0.15, 0.2) is 22.7 Å². The SMILES string of the molecule is CCC(CC)(CO)Nc1ccc([N+](=O)[O-])cc1Br. The van der Waals surface area contributed by atoms with Crippen molar-refractivity contribution < 1.29 is 10.0 Å². The molecule has 0 aliphatic heterocycles. The first-order chi connectivity index (χ1) is 8.48. The second-order valence-corrected chi connectivity index (χ2v) is 5.05. The van der Waals surface area contributed by atoms with Crippen LogP contribution in [-0.4, -0.2) is 22.2 Å². The van der Waals surface area contributed by atoms with Gasteiger partial charge in [0.05, 0.1) is 17.1 Å². The highest BCUT2D eigenvalue weighted by Crippen LogP contribution is 2.31. The van der Waals surface area contributed by atoms with E-state index in [1.54, 1.807) is 6.07 Å². The Hall–Kier alpha value is -1.14. The van der Waals surface area contributed by atoms with Crippen LogP contribution in [-0.2, 0) is 0 Å². The Morgan fingerprint density at radius 1 is 1.44 bits per heavy atom. The number of nitrogens with zero attached hydrogens (tertiary/aromatic N) is 1. The summed E-state index contributed by atoms with van der Waals surface area (Å²) in [6, 6.07) is 4.55. The molecule has 0 saturated heterocycles. The third-order valence-corrected chi connectivity index (χ3v) is 3.88. The second-order valence-electron chi connectivity index (χ2n) is 4.19. The maximum absolute atomic E-state index is 10.6. The van der Waals surface area contributed by atoms with Gasteiger partial charge in [-0.15, -0.1) is 0 Å². The molecule has 6 heteroatoms. The molecule has 1 aromatic carbocycles. The monoisotopic (exact) mass is 316 g/mol. The molecule has 0 spiro atoms. The number of benzene rings is 1. The van der Waals surface area contributed by atoms with Gasteiger partial charge in [0.2, 0.25) is 0 Å². The summed E-state index contributed by atoms with van der Waals surface area (Å²) in [7, 11) is 0. The summed E-state index contributed by atoms with van der Waals surface area (Å²) in [6.07, 6.45) is 1.53. The van der Waals surface area contributed by atoms with Gasteiger partial charge in [0.25, 0.3) is 5.69 Å². The van der Waals surface area contributed by atoms with Crippen molar-refractivity contribution in [2.75, 3.05) is 11.9 Å². The first-order valence-electron chi connectivity index (χ1n) is 5.81. The Labute approximate surface area is 114 Å². The Kier molecular flexibility index (Phi) is 5.10. The van der Waals surface area contributed by atoms with Gasteiger partial charge in [-0.05, 0) is 34.8 Å². The summed E-state index contributed by atoms with van der Waals surface area (Å²) in [6.45, 7) is 4.00. The third-order valence-electron chi connectivity index (χ3n) is 3.22. The Morgan fingerprint density at radius 2 is 2.06 bits per heavy atom. The summed E-state index contributed by atoms with van der Waals surface area (Å²) in [5.41, 5.74) is 0.395. The number of nitrogens with one attached hydrogen (secondary N) is 1. The molecule has 0 aromatic heterocycles. The van der Waals surface area contributed by atoms with E-state index in [0.29, 0.717) is 4.47 Å². The molecule has 0 fully saturated rings. The van der Waals surface area contributed by atoms with Crippen molar-refractivity contribution in [3.63, 3.8) is 0 Å². The van der Waals surface area contributed by atoms with E-state index in [4.69, 9.17) is 0 Å². The van der Waals surface area contributed by atoms with Crippen LogP contribution >= 0.6 is 15.9 Å². The van der Waals surface area contributed by atoms with E-state index in [1.807, 2.05) is 13.8 Å². The predicted octanol–water partition coefficient (Wildman–Crippen LogP) is 3.32. The van der Waals surface area contributed by atoms with Gasteiger partial charge in [0.15, 0.2) is 0 Å². The van der Waals surface area contributed by atoms with E-state index < -0.39 is 10.5 Å². The molecule has 0 saturated carbocycles. The normalized spacial score (nSPS) is 11.3. The number of non-ortho nitro benzene ring substituents is 1. The highest BCUT2D eigenvalue weighted by Gasteiger charge is 2.25. The summed E-state index contributed by atoms with van der Waals surface area (Å²) in [5, 5.41) is 23.4. The lowest BCUT2D eigenvalue weighted by Gasteiger charge is -2.32. The number of aliphatic hydroxyl groups excluding tert-OH is 1. The zero-order valence-electron chi connectivity index (χ0n) is 10.4. The molecular weight excluding hydrogens is 300 g/mol. The van der Waals surface area contributed by atoms with Crippen LogP contribution in [0.5, 0.6) is 0 Å². The van der Waals surface area contributed by atoms with E-state index in [0.717, 1.165) is 18.5 Å². The maximum atomic E-state index is 10.6. The number of aliphatic hydroxyl groups is 1. The zero-order valence-corrected chi connectivity index (χ0v) is 12.0. The summed E-state index contributed by atoms with van der Waals surface area (Å²) >= 11 is 3.31. The van der Waals surface area contributed by atoms with Crippen molar-refractivity contribution in [2.45, 2.75) is 32.2 Å². The van der Waals surface area contributed by atoms with Gasteiger partial charge < -0.3 is 10.4 Å². The second kappa shape index (κ2) is 6.15. The minimum Gasteiger partial charge on any atom is -0.394 e. The highest BCUT2D eigenvalue weighted by atomic mass is 79.9. The van der Waals surface area contributed by atoms with Crippen LogP contribution < -0.4 is 5.32 Å². The van der Waals surface area contributed by atoms with Crippen molar-refractivity contribution >= 4 is 27.3 Å². The van der Waals surface area contributed by atoms with Gasteiger partial charge in [0.1, 0.15) is 0 Å². The zero-order chi connectivity index (χ0) is 13.8. The van der Waals surface area contributed by atoms with Crippen molar-refractivity contribution in [1.29, 1.82) is 0 Å². The standard InChI is InChI=1S/C12H17BrN2O3/c1-3-12(4-2,8-16)14-11-6-5-9(15(17)18)7-10(11)13/h5-7,14,16H,3-4,8H2,1-2H3. The molecule has 1 rings (SSSR count). The number of nitro groups is 1. The predicted molar refractivity (Wildman–Crippen MR) is 74.8 cm³/mol. The molecule has 0 aliphatic carbocycles. The fourth-order valence-electron chi connectivity index (χ4n) is 1.69. The van der Waals surface area contributed by atoms with Gasteiger partial charge in [0, 0.05) is 22.3 Å². The van der Waals surface area contributed by atoms with Crippen LogP contribution in [0.2, 0.25) is 0 Å². The number of nitro benzene ring substituents is 1. The van der Waals surface area contributed by atoms with Crippen LogP contribution in [0.25, 0.3) is 0 Å². The van der Waals surface area contributed by atoms with Crippen molar-refractivity contribution in [3.8, 4) is 0 Å². The minimum absolute atomic E-state index is 0.0173. The molecule has 0 bridgehead atoms. The largest absolute Gasteiger partial charge is 0.394 e. The molecule has 0 amide bonds. The van der Waals surface area contributed by atoms with Gasteiger partial charge in [-0.2, -0.15) is 0 Å². The molecule has 0 aliphatic rings. The number of anilines is 1. The summed E-state index contributed by atoms with van der Waals surface area (Å²) in [4.78, 5) is 10.2. The average Bonchev–Trinajstić information content (AvgIpc) is 2.38. The molecule has 0 radical (unpaired) electrons. The quantitative estimate of drug-likeness (QED) is 0.623. The number of rotatable bonds is 6. The van der Waals surface area contributed by atoms with Crippen LogP contribution in [0.3, 0.4) is 0 Å². The molecule has 100 valence electrons. The topological polar surface area (TPSA) is 75.4 Å². The smallest absolute Gasteiger partial charge is 0.270 e. The Balaban J connectivity index is 3.01. The third kappa shape index (κ3) is 3.20. The fraction of sp³-hybridized carbons (Fsp3) is 0.500. The van der Waals surface area contributed by atoms with E-state index in [2.05, 4.69) is 21.2 Å². The number of hydrogen-bond acceptors (Lipinski definition) is 4. The van der Waals surface area contributed by atoms with Gasteiger partial charge in [-0.3, -0.25) is 10.1 Å². The summed E-state index contributed by atoms with van der Waals surface area (Å²) < 4.78 is 0.622. The lowest BCUT2D eigenvalue weighted by Crippen LogP contribution is -2.40. The molecule has 5 nitrogen and oxygen atoms in total. The van der Waals surface area contributed by atoms with Gasteiger partial charge >= 0.3 is 0 Å². The first-order valence-corrected chi connectivity index (χ1v) is 6.60. The van der Waals surface area contributed by atoms with Crippen molar-refractivity contribution in [3.05, 3.63) is 32.8 Å². The Morgan fingerprint density at radius 3 is 2.44 bits per heavy atom. The summed E-state index contributed by atoms with van der Waals surface area (Å²) in [5.74, 6) is 0. The van der Waals surface area contributed by atoms with Crippen molar-refractivity contribution in [2.24, 2.45) is 0 Å². The van der Waals surface area contributed by atoms with E-state index in [1.165, 1.54) is 12.1 Å². The highest BCUT2D eigenvalue weighted by molar-refractivity contribution is 9.10. The fourth-order valence-corrected chi connectivity index (χ4v) is 2.16. The molecule has 0 atom stereocenters. The molecule has 2 N–H and O–H groups in total. The van der Waals surface area contributed by atoms with Crippen LogP contribution in [0, 0.1) is 10.1 Å². The lowest BCUT2D eigenvalue weighted by atomic mass is 9.93. The Bertz CT molecular complexity index is 425. The lowest BCUT2D eigenvalue weighted by molar-refractivity contribution is -0.384.